The molecule has 0 N–H and O–H groups in total. The molecule has 0 aliphatic carbocycles. The zero-order chi connectivity index (χ0) is 13.8. The van der Waals surface area contributed by atoms with Gasteiger partial charge in [0.1, 0.15) is 11.6 Å². The zero-order valence-corrected chi connectivity index (χ0v) is 11.5. The fraction of sp³-hybridized carbons (Fsp3) is 0.333. The number of rotatable bonds is 5. The Labute approximate surface area is 113 Å². The van der Waals surface area contributed by atoms with Crippen LogP contribution in [-0.4, -0.2) is 21.9 Å². The molecule has 4 nitrogen and oxygen atoms in total. The number of carbonyl (C=O) groups excluding carboxylic acids is 1. The van der Waals surface area contributed by atoms with E-state index < -0.39 is 0 Å². The van der Waals surface area contributed by atoms with E-state index in [-0.39, 0.29) is 5.78 Å². The largest absolute Gasteiger partial charge is 0.493 e. The fourth-order valence-electron chi connectivity index (χ4n) is 1.92. The molecule has 0 aliphatic rings. The fourth-order valence-corrected chi connectivity index (χ4v) is 1.92. The first-order valence-electron chi connectivity index (χ1n) is 6.28. The third-order valence-corrected chi connectivity index (χ3v) is 3.09. The molecule has 0 fully saturated rings. The number of carbonyl (C=O) groups is 1. The van der Waals surface area contributed by atoms with Crippen LogP contribution < -0.4 is 4.74 Å². The molecule has 4 heteroatoms. The van der Waals surface area contributed by atoms with Crippen molar-refractivity contribution in [2.45, 2.75) is 20.3 Å². The molecule has 0 atom stereocenters. The lowest BCUT2D eigenvalue weighted by Gasteiger charge is -2.10. The van der Waals surface area contributed by atoms with E-state index in [4.69, 9.17) is 4.74 Å². The van der Waals surface area contributed by atoms with Crippen LogP contribution in [0.5, 0.6) is 5.75 Å². The molecular formula is C15H18N2O2. The Hall–Kier alpha value is -2.10. The van der Waals surface area contributed by atoms with Gasteiger partial charge in [0.25, 0.3) is 0 Å². The average molecular weight is 258 g/mol. The van der Waals surface area contributed by atoms with E-state index in [2.05, 4.69) is 4.98 Å². The smallest absolute Gasteiger partial charge is 0.159 e. The Kier molecular flexibility index (Phi) is 4.00. The first kappa shape index (κ1) is 13.3. The van der Waals surface area contributed by atoms with Gasteiger partial charge in [0.2, 0.25) is 0 Å². The maximum Gasteiger partial charge on any atom is 0.159 e. The minimum absolute atomic E-state index is 0.0719. The Morgan fingerprint density at radius 2 is 2.21 bits per heavy atom. The first-order valence-corrected chi connectivity index (χ1v) is 6.28. The number of ketones is 1. The summed E-state index contributed by atoms with van der Waals surface area (Å²) in [5.41, 5.74) is 1.70. The number of hydrogen-bond donors (Lipinski definition) is 0. The van der Waals surface area contributed by atoms with Gasteiger partial charge in [0.15, 0.2) is 5.78 Å². The molecular weight excluding hydrogens is 240 g/mol. The summed E-state index contributed by atoms with van der Waals surface area (Å²) in [7, 11) is 1.97. The van der Waals surface area contributed by atoms with E-state index in [0.29, 0.717) is 12.2 Å². The topological polar surface area (TPSA) is 44.1 Å². The SMILES string of the molecule is CC(=O)c1ccc(OCCc2nccn2C)c(C)c1. The van der Waals surface area contributed by atoms with Crippen LogP contribution in [0, 0.1) is 6.92 Å². The Morgan fingerprint density at radius 3 is 2.79 bits per heavy atom. The van der Waals surface area contributed by atoms with Gasteiger partial charge in [-0.2, -0.15) is 0 Å². The molecule has 0 radical (unpaired) electrons. The molecule has 1 aromatic carbocycles. The van der Waals surface area contributed by atoms with Gasteiger partial charge in [-0.1, -0.05) is 0 Å². The summed E-state index contributed by atoms with van der Waals surface area (Å²) in [4.78, 5) is 15.5. The standard InChI is InChI=1S/C15H18N2O2/c1-11-10-13(12(2)18)4-5-14(11)19-9-6-15-16-7-8-17(15)3/h4-5,7-8,10H,6,9H2,1-3H3. The lowest BCUT2D eigenvalue weighted by atomic mass is 10.1. The summed E-state index contributed by atoms with van der Waals surface area (Å²) in [5, 5.41) is 0. The molecule has 2 aromatic rings. The van der Waals surface area contributed by atoms with Gasteiger partial charge in [0.05, 0.1) is 6.61 Å². The third-order valence-electron chi connectivity index (χ3n) is 3.09. The van der Waals surface area contributed by atoms with Crippen molar-refractivity contribution in [1.82, 2.24) is 9.55 Å². The van der Waals surface area contributed by atoms with Crippen molar-refractivity contribution in [1.29, 1.82) is 0 Å². The highest BCUT2D eigenvalue weighted by Crippen LogP contribution is 2.19. The van der Waals surface area contributed by atoms with Gasteiger partial charge in [-0.15, -0.1) is 0 Å². The normalized spacial score (nSPS) is 10.5. The second kappa shape index (κ2) is 5.69. The highest BCUT2D eigenvalue weighted by Gasteiger charge is 2.05. The first-order chi connectivity index (χ1) is 9.08. The van der Waals surface area contributed by atoms with Crippen molar-refractivity contribution in [3.8, 4) is 5.75 Å². The van der Waals surface area contributed by atoms with Gasteiger partial charge in [-0.05, 0) is 37.6 Å². The van der Waals surface area contributed by atoms with Crippen molar-refractivity contribution in [3.05, 3.63) is 47.5 Å². The lowest BCUT2D eigenvalue weighted by Crippen LogP contribution is -2.07. The Morgan fingerprint density at radius 1 is 1.42 bits per heavy atom. The number of aryl methyl sites for hydroxylation is 2. The second-order valence-corrected chi connectivity index (χ2v) is 4.59. The highest BCUT2D eigenvalue weighted by atomic mass is 16.5. The van der Waals surface area contributed by atoms with Crippen LogP contribution in [0.2, 0.25) is 0 Å². The maximum absolute atomic E-state index is 11.3. The molecule has 0 bridgehead atoms. The number of nitrogens with zero attached hydrogens (tertiary/aromatic N) is 2. The molecule has 1 aromatic heterocycles. The Bertz CT molecular complexity index is 588. The minimum Gasteiger partial charge on any atom is -0.493 e. The number of imidazole rings is 1. The number of Topliss-reactive ketones (excluding diaryl/α,β-unsaturated/α-hetero) is 1. The lowest BCUT2D eigenvalue weighted by molar-refractivity contribution is 0.101. The maximum atomic E-state index is 11.3. The van der Waals surface area contributed by atoms with E-state index in [1.807, 2.05) is 36.9 Å². The summed E-state index contributed by atoms with van der Waals surface area (Å²) in [6, 6.07) is 5.51. The number of benzene rings is 1. The average Bonchev–Trinajstić information content (AvgIpc) is 2.77. The number of ether oxygens (including phenoxy) is 1. The van der Waals surface area contributed by atoms with Crippen LogP contribution >= 0.6 is 0 Å². The van der Waals surface area contributed by atoms with Gasteiger partial charge >= 0.3 is 0 Å². The van der Waals surface area contributed by atoms with Crippen molar-refractivity contribution < 1.29 is 9.53 Å². The van der Waals surface area contributed by atoms with Crippen LogP contribution in [0.4, 0.5) is 0 Å². The van der Waals surface area contributed by atoms with E-state index in [0.717, 1.165) is 23.6 Å². The van der Waals surface area contributed by atoms with Gasteiger partial charge in [-0.25, -0.2) is 4.98 Å². The zero-order valence-electron chi connectivity index (χ0n) is 11.5. The molecule has 0 saturated carbocycles. The van der Waals surface area contributed by atoms with Crippen molar-refractivity contribution in [2.75, 3.05) is 6.61 Å². The van der Waals surface area contributed by atoms with Crippen LogP contribution in [0.15, 0.2) is 30.6 Å². The molecule has 0 aliphatic heterocycles. The number of aromatic nitrogens is 2. The summed E-state index contributed by atoms with van der Waals surface area (Å²) >= 11 is 0. The van der Waals surface area contributed by atoms with E-state index in [1.165, 1.54) is 0 Å². The van der Waals surface area contributed by atoms with Gasteiger partial charge < -0.3 is 9.30 Å². The summed E-state index contributed by atoms with van der Waals surface area (Å²) in [6.07, 6.45) is 4.46. The van der Waals surface area contributed by atoms with E-state index in [1.54, 1.807) is 19.2 Å². The minimum atomic E-state index is 0.0719. The summed E-state index contributed by atoms with van der Waals surface area (Å²) in [6.45, 7) is 4.09. The van der Waals surface area contributed by atoms with Crippen molar-refractivity contribution in [2.24, 2.45) is 7.05 Å². The summed E-state index contributed by atoms with van der Waals surface area (Å²) in [5.74, 6) is 1.89. The van der Waals surface area contributed by atoms with E-state index >= 15 is 0 Å². The molecule has 19 heavy (non-hydrogen) atoms. The quantitative estimate of drug-likeness (QED) is 0.774. The van der Waals surface area contributed by atoms with Gasteiger partial charge in [0, 0.05) is 31.4 Å². The number of hydrogen-bond acceptors (Lipinski definition) is 3. The molecule has 0 unspecified atom stereocenters. The predicted octanol–water partition coefficient (Wildman–Crippen LogP) is 2.55. The molecule has 2 rings (SSSR count). The summed E-state index contributed by atoms with van der Waals surface area (Å²) < 4.78 is 7.72. The van der Waals surface area contributed by atoms with E-state index in [9.17, 15) is 4.79 Å². The molecule has 0 saturated heterocycles. The van der Waals surface area contributed by atoms with Crippen LogP contribution in [0.1, 0.15) is 28.7 Å². The van der Waals surface area contributed by atoms with Crippen molar-refractivity contribution >= 4 is 5.78 Å². The highest BCUT2D eigenvalue weighted by molar-refractivity contribution is 5.94. The van der Waals surface area contributed by atoms with Crippen LogP contribution in [0.25, 0.3) is 0 Å². The predicted molar refractivity (Wildman–Crippen MR) is 73.6 cm³/mol. The van der Waals surface area contributed by atoms with Gasteiger partial charge in [-0.3, -0.25) is 4.79 Å². The molecule has 100 valence electrons. The molecule has 0 amide bonds. The van der Waals surface area contributed by atoms with Crippen LogP contribution in [-0.2, 0) is 13.5 Å². The third kappa shape index (κ3) is 3.22. The van der Waals surface area contributed by atoms with Crippen LogP contribution in [0.3, 0.4) is 0 Å². The molecule has 0 spiro atoms. The molecule has 1 heterocycles. The monoisotopic (exact) mass is 258 g/mol. The Balaban J connectivity index is 1.96. The second-order valence-electron chi connectivity index (χ2n) is 4.59. The van der Waals surface area contributed by atoms with Crippen molar-refractivity contribution in [3.63, 3.8) is 0 Å².